The number of unbranched alkanes of at least 4 members (excludes halogenated alkanes) is 9. The lowest BCUT2D eigenvalue weighted by Crippen LogP contribution is -2.25. The standard InChI is InChI=1S/C23H37ClN2O5S/c1-3-5-6-7-8-9-10-11-12-13-16-25-32(29,30)19-14-15-20(24)21(17-19)26-22(31-4-2)18-23(27)28/h14-15,17-18,25-26H,3-13,16H2,1-2H3,(H,27,28)/b22-18-. The van der Waals surface area contributed by atoms with Crippen molar-refractivity contribution in [2.45, 2.75) is 83.0 Å². The highest BCUT2D eigenvalue weighted by Crippen LogP contribution is 2.26. The third-order valence-electron chi connectivity index (χ3n) is 4.88. The molecule has 1 aromatic rings. The van der Waals surface area contributed by atoms with Crippen molar-refractivity contribution >= 4 is 33.3 Å². The van der Waals surface area contributed by atoms with Gasteiger partial charge >= 0.3 is 5.97 Å². The summed E-state index contributed by atoms with van der Waals surface area (Å²) in [5.41, 5.74) is 0.245. The second-order valence-corrected chi connectivity index (χ2v) is 9.80. The molecule has 0 aliphatic carbocycles. The van der Waals surface area contributed by atoms with Gasteiger partial charge in [0.25, 0.3) is 0 Å². The predicted octanol–water partition coefficient (Wildman–Crippen LogP) is 5.91. The molecule has 0 bridgehead atoms. The van der Waals surface area contributed by atoms with Crippen molar-refractivity contribution in [1.82, 2.24) is 4.72 Å². The number of rotatable bonds is 18. The maximum atomic E-state index is 12.6. The van der Waals surface area contributed by atoms with Crippen LogP contribution in [0.1, 0.15) is 78.1 Å². The van der Waals surface area contributed by atoms with Crippen molar-refractivity contribution in [3.8, 4) is 0 Å². The van der Waals surface area contributed by atoms with E-state index in [1.165, 1.54) is 63.1 Å². The first-order valence-electron chi connectivity index (χ1n) is 11.4. The van der Waals surface area contributed by atoms with Gasteiger partial charge in [-0.1, -0.05) is 76.3 Å². The van der Waals surface area contributed by atoms with E-state index < -0.39 is 16.0 Å². The highest BCUT2D eigenvalue weighted by molar-refractivity contribution is 7.89. The Kier molecular flexibility index (Phi) is 14.1. The maximum Gasteiger partial charge on any atom is 0.333 e. The van der Waals surface area contributed by atoms with E-state index in [4.69, 9.17) is 21.4 Å². The molecule has 0 unspecified atom stereocenters. The molecule has 0 aliphatic heterocycles. The second kappa shape index (κ2) is 15.9. The quantitative estimate of drug-likeness (QED) is 0.135. The van der Waals surface area contributed by atoms with Crippen LogP contribution in [0.25, 0.3) is 0 Å². The van der Waals surface area contributed by atoms with Crippen LogP contribution in [-0.2, 0) is 19.6 Å². The number of carbonyl (C=O) groups is 1. The fourth-order valence-electron chi connectivity index (χ4n) is 3.18. The topological polar surface area (TPSA) is 105 Å². The van der Waals surface area contributed by atoms with Crippen molar-refractivity contribution in [1.29, 1.82) is 0 Å². The summed E-state index contributed by atoms with van der Waals surface area (Å²) in [6.45, 7) is 4.53. The van der Waals surface area contributed by atoms with E-state index in [0.29, 0.717) is 6.54 Å². The number of carboxylic acids is 1. The van der Waals surface area contributed by atoms with E-state index in [9.17, 15) is 13.2 Å². The Morgan fingerprint density at radius 2 is 1.62 bits per heavy atom. The monoisotopic (exact) mass is 488 g/mol. The van der Waals surface area contributed by atoms with E-state index >= 15 is 0 Å². The van der Waals surface area contributed by atoms with Crippen LogP contribution < -0.4 is 10.0 Å². The largest absolute Gasteiger partial charge is 0.479 e. The van der Waals surface area contributed by atoms with Gasteiger partial charge < -0.3 is 15.2 Å². The normalized spacial score (nSPS) is 12.0. The van der Waals surface area contributed by atoms with Crippen molar-refractivity contribution in [3.63, 3.8) is 0 Å². The fourth-order valence-corrected chi connectivity index (χ4v) is 4.45. The zero-order chi connectivity index (χ0) is 23.8. The van der Waals surface area contributed by atoms with Gasteiger partial charge in [0.1, 0.15) is 0 Å². The predicted molar refractivity (Wildman–Crippen MR) is 129 cm³/mol. The lowest BCUT2D eigenvalue weighted by molar-refractivity contribution is -0.131. The summed E-state index contributed by atoms with van der Waals surface area (Å²) in [5, 5.41) is 11.9. The molecule has 0 heterocycles. The highest BCUT2D eigenvalue weighted by atomic mass is 35.5. The van der Waals surface area contributed by atoms with Crippen molar-refractivity contribution < 1.29 is 23.1 Å². The summed E-state index contributed by atoms with van der Waals surface area (Å²) in [7, 11) is -3.71. The van der Waals surface area contributed by atoms with Gasteiger partial charge in [-0.15, -0.1) is 0 Å². The van der Waals surface area contributed by atoms with Gasteiger partial charge in [0.05, 0.1) is 28.3 Å². The molecule has 0 aromatic heterocycles. The molecule has 182 valence electrons. The van der Waals surface area contributed by atoms with E-state index in [1.807, 2.05) is 0 Å². The lowest BCUT2D eigenvalue weighted by Gasteiger charge is -2.14. The second-order valence-electron chi connectivity index (χ2n) is 7.63. The fraction of sp³-hybridized carbons (Fsp3) is 0.609. The number of aliphatic carboxylic acids is 1. The first-order valence-corrected chi connectivity index (χ1v) is 13.3. The number of halogens is 1. The Balaban J connectivity index is 2.51. The number of ether oxygens (including phenoxy) is 1. The number of nitrogens with one attached hydrogen (secondary N) is 2. The molecular weight excluding hydrogens is 452 g/mol. The van der Waals surface area contributed by atoms with Crippen molar-refractivity contribution in [2.75, 3.05) is 18.5 Å². The molecule has 0 radical (unpaired) electrons. The van der Waals surface area contributed by atoms with Gasteiger partial charge in [-0.05, 0) is 31.5 Å². The average Bonchev–Trinajstić information content (AvgIpc) is 2.73. The smallest absolute Gasteiger partial charge is 0.333 e. The van der Waals surface area contributed by atoms with Crippen LogP contribution in [0, 0.1) is 0 Å². The number of anilines is 1. The third kappa shape index (κ3) is 11.7. The summed E-state index contributed by atoms with van der Waals surface area (Å²) in [6.07, 6.45) is 12.7. The van der Waals surface area contributed by atoms with Crippen LogP contribution in [0.3, 0.4) is 0 Å². The molecule has 0 saturated carbocycles. The van der Waals surface area contributed by atoms with Crippen LogP contribution in [-0.4, -0.2) is 32.6 Å². The Morgan fingerprint density at radius 1 is 1.03 bits per heavy atom. The number of benzene rings is 1. The molecule has 0 aliphatic rings. The Morgan fingerprint density at radius 3 is 2.19 bits per heavy atom. The minimum absolute atomic E-state index is 0.0326. The molecule has 9 heteroatoms. The molecule has 1 rings (SSSR count). The van der Waals surface area contributed by atoms with E-state index in [-0.39, 0.29) is 28.1 Å². The molecule has 32 heavy (non-hydrogen) atoms. The van der Waals surface area contributed by atoms with E-state index in [0.717, 1.165) is 25.3 Å². The molecule has 0 spiro atoms. The maximum absolute atomic E-state index is 12.6. The van der Waals surface area contributed by atoms with Gasteiger partial charge in [-0.2, -0.15) is 0 Å². The molecule has 7 nitrogen and oxygen atoms in total. The van der Waals surface area contributed by atoms with Gasteiger partial charge in [0.2, 0.25) is 10.0 Å². The summed E-state index contributed by atoms with van der Waals surface area (Å²) in [6, 6.07) is 4.22. The van der Waals surface area contributed by atoms with Crippen molar-refractivity contribution in [2.24, 2.45) is 0 Å². The molecule has 0 fully saturated rings. The van der Waals surface area contributed by atoms with Gasteiger partial charge in [-0.3, -0.25) is 0 Å². The zero-order valence-electron chi connectivity index (χ0n) is 19.2. The first kappa shape index (κ1) is 28.3. The zero-order valence-corrected chi connectivity index (χ0v) is 20.7. The Bertz CT molecular complexity index is 828. The molecular formula is C23H37ClN2O5S. The lowest BCUT2D eigenvalue weighted by atomic mass is 10.1. The summed E-state index contributed by atoms with van der Waals surface area (Å²) in [4.78, 5) is 11.0. The van der Waals surface area contributed by atoms with Crippen LogP contribution in [0.2, 0.25) is 5.02 Å². The summed E-state index contributed by atoms with van der Waals surface area (Å²) >= 11 is 6.14. The summed E-state index contributed by atoms with van der Waals surface area (Å²) < 4.78 is 33.1. The van der Waals surface area contributed by atoms with E-state index in [2.05, 4.69) is 17.0 Å². The van der Waals surface area contributed by atoms with E-state index in [1.54, 1.807) is 6.92 Å². The third-order valence-corrected chi connectivity index (χ3v) is 6.67. The summed E-state index contributed by atoms with van der Waals surface area (Å²) in [5.74, 6) is -1.23. The molecule has 0 saturated heterocycles. The number of carboxylic acid groups (broad SMARTS) is 1. The Labute approximate surface area is 197 Å². The number of hydrogen-bond donors (Lipinski definition) is 3. The first-order chi connectivity index (χ1) is 15.3. The molecule has 1 aromatic carbocycles. The van der Waals surface area contributed by atoms with Crippen molar-refractivity contribution in [3.05, 3.63) is 35.2 Å². The SMILES string of the molecule is CCCCCCCCCCCCNS(=O)(=O)c1ccc(Cl)c(N/C(=C/C(=O)O)OCC)c1. The minimum Gasteiger partial charge on any atom is -0.479 e. The Hall–Kier alpha value is -1.77. The molecule has 0 atom stereocenters. The van der Waals surface area contributed by atoms with Crippen LogP contribution in [0.5, 0.6) is 0 Å². The molecule has 3 N–H and O–H groups in total. The van der Waals surface area contributed by atoms with Gasteiger partial charge in [-0.25, -0.2) is 17.9 Å². The van der Waals surface area contributed by atoms with Gasteiger partial charge in [0, 0.05) is 6.54 Å². The van der Waals surface area contributed by atoms with Crippen LogP contribution in [0.15, 0.2) is 35.1 Å². The van der Waals surface area contributed by atoms with Crippen LogP contribution >= 0.6 is 11.6 Å². The average molecular weight is 489 g/mol. The molecule has 0 amide bonds. The number of sulfonamides is 1. The number of hydrogen-bond acceptors (Lipinski definition) is 5. The minimum atomic E-state index is -3.71. The van der Waals surface area contributed by atoms with Crippen LogP contribution in [0.4, 0.5) is 5.69 Å². The highest BCUT2D eigenvalue weighted by Gasteiger charge is 2.16. The van der Waals surface area contributed by atoms with Gasteiger partial charge in [0.15, 0.2) is 5.88 Å².